The van der Waals surface area contributed by atoms with Crippen molar-refractivity contribution in [3.63, 3.8) is 0 Å². The normalized spacial score (nSPS) is 16.8. The molecule has 1 saturated heterocycles. The third-order valence-electron chi connectivity index (χ3n) is 4.80. The van der Waals surface area contributed by atoms with Crippen molar-refractivity contribution in [2.24, 2.45) is 5.41 Å². The third kappa shape index (κ3) is 4.60. The van der Waals surface area contributed by atoms with Crippen LogP contribution in [0, 0.1) is 28.6 Å². The van der Waals surface area contributed by atoms with E-state index in [0.29, 0.717) is 23.7 Å². The summed E-state index contributed by atoms with van der Waals surface area (Å²) in [5, 5.41) is 9.66. The molecule has 0 saturated carbocycles. The summed E-state index contributed by atoms with van der Waals surface area (Å²) in [6.45, 7) is 5.46. The number of carbonyl (C=O) groups is 1. The van der Waals surface area contributed by atoms with Crippen molar-refractivity contribution >= 4 is 17.5 Å². The van der Waals surface area contributed by atoms with Crippen molar-refractivity contribution in [3.05, 3.63) is 76.1 Å². The molecule has 0 unspecified atom stereocenters. The fraction of sp³-hybridized carbons (Fsp3) is 0.261. The molecule has 1 aliphatic rings. The minimum atomic E-state index is -0.179. The first kappa shape index (κ1) is 19.7. The molecule has 3 rings (SSSR count). The summed E-state index contributed by atoms with van der Waals surface area (Å²) in [5.74, 6) is 6.17. The predicted molar refractivity (Wildman–Crippen MR) is 110 cm³/mol. The van der Waals surface area contributed by atoms with Crippen LogP contribution < -0.4 is 0 Å². The quantitative estimate of drug-likeness (QED) is 0.677. The Labute approximate surface area is 170 Å². The molecule has 0 aliphatic carbocycles. The van der Waals surface area contributed by atoms with Gasteiger partial charge in [-0.1, -0.05) is 48.9 Å². The number of piperidine rings is 1. The molecular weight excluding hydrogens is 370 g/mol. The maximum Gasteiger partial charge on any atom is 0.254 e. The van der Waals surface area contributed by atoms with Gasteiger partial charge in [0.1, 0.15) is 11.8 Å². The van der Waals surface area contributed by atoms with Gasteiger partial charge in [0.05, 0.1) is 0 Å². The number of allylic oxidation sites excluding steroid dienone is 1. The van der Waals surface area contributed by atoms with Crippen molar-refractivity contribution in [1.82, 2.24) is 9.88 Å². The molecule has 1 amide bonds. The molecule has 0 bridgehead atoms. The fourth-order valence-electron chi connectivity index (χ4n) is 3.27. The Kier molecular flexibility index (Phi) is 5.83. The molecule has 2 heterocycles. The number of pyridine rings is 1. The highest BCUT2D eigenvalue weighted by molar-refractivity contribution is 6.30. The van der Waals surface area contributed by atoms with Gasteiger partial charge in [0.25, 0.3) is 5.91 Å². The SMILES string of the molecule is CC1(C)CN(C(=O)c2ccnc(C#N)c2)CC/C1=C\C#Cc1cccc(Cl)c1. The lowest BCUT2D eigenvalue weighted by Gasteiger charge is -2.40. The second-order valence-electron chi connectivity index (χ2n) is 7.35. The van der Waals surface area contributed by atoms with Crippen LogP contribution >= 0.6 is 11.6 Å². The minimum absolute atomic E-state index is 0.0731. The van der Waals surface area contributed by atoms with Gasteiger partial charge in [-0.3, -0.25) is 4.79 Å². The van der Waals surface area contributed by atoms with Crippen molar-refractivity contribution in [2.75, 3.05) is 13.1 Å². The highest BCUT2D eigenvalue weighted by Crippen LogP contribution is 2.34. The smallest absolute Gasteiger partial charge is 0.254 e. The second-order valence-corrected chi connectivity index (χ2v) is 7.79. The number of rotatable bonds is 1. The van der Waals surface area contributed by atoms with E-state index in [0.717, 1.165) is 12.0 Å². The van der Waals surface area contributed by atoms with Crippen LogP contribution in [-0.4, -0.2) is 28.9 Å². The zero-order valence-electron chi connectivity index (χ0n) is 15.9. The molecule has 28 heavy (non-hydrogen) atoms. The maximum atomic E-state index is 12.8. The predicted octanol–water partition coefficient (Wildman–Crippen LogP) is 4.46. The maximum absolute atomic E-state index is 12.8. The van der Waals surface area contributed by atoms with Gasteiger partial charge in [-0.05, 0) is 42.8 Å². The van der Waals surface area contributed by atoms with E-state index in [2.05, 4.69) is 30.7 Å². The summed E-state index contributed by atoms with van der Waals surface area (Å²) >= 11 is 5.99. The van der Waals surface area contributed by atoms with Gasteiger partial charge in [0, 0.05) is 40.9 Å². The topological polar surface area (TPSA) is 57.0 Å². The molecule has 0 radical (unpaired) electrons. The Hall–Kier alpha value is -3.08. The van der Waals surface area contributed by atoms with Gasteiger partial charge in [-0.15, -0.1) is 0 Å². The van der Waals surface area contributed by atoms with Crippen LogP contribution in [0.5, 0.6) is 0 Å². The van der Waals surface area contributed by atoms with Crippen LogP contribution in [0.4, 0.5) is 0 Å². The number of halogens is 1. The first-order valence-corrected chi connectivity index (χ1v) is 9.39. The van der Waals surface area contributed by atoms with Gasteiger partial charge in [-0.25, -0.2) is 4.98 Å². The minimum Gasteiger partial charge on any atom is -0.337 e. The Morgan fingerprint density at radius 1 is 1.32 bits per heavy atom. The van der Waals surface area contributed by atoms with E-state index < -0.39 is 0 Å². The molecule has 0 spiro atoms. The lowest BCUT2D eigenvalue weighted by atomic mass is 9.78. The molecule has 1 aromatic heterocycles. The van der Waals surface area contributed by atoms with Crippen molar-refractivity contribution in [2.45, 2.75) is 20.3 Å². The molecule has 1 fully saturated rings. The number of carbonyl (C=O) groups excluding carboxylic acids is 1. The lowest BCUT2D eigenvalue weighted by molar-refractivity contribution is 0.0663. The number of hydrogen-bond acceptors (Lipinski definition) is 3. The summed E-state index contributed by atoms with van der Waals surface area (Å²) in [4.78, 5) is 18.6. The average Bonchev–Trinajstić information content (AvgIpc) is 2.68. The van der Waals surface area contributed by atoms with E-state index in [1.807, 2.05) is 41.3 Å². The fourth-order valence-corrected chi connectivity index (χ4v) is 3.46. The van der Waals surface area contributed by atoms with E-state index in [1.165, 1.54) is 17.8 Å². The average molecular weight is 390 g/mol. The van der Waals surface area contributed by atoms with E-state index in [1.54, 1.807) is 6.07 Å². The first-order valence-electron chi connectivity index (χ1n) is 9.01. The molecule has 0 atom stereocenters. The van der Waals surface area contributed by atoms with Crippen LogP contribution in [0.1, 0.15) is 41.9 Å². The van der Waals surface area contributed by atoms with Gasteiger partial charge < -0.3 is 4.90 Å². The van der Waals surface area contributed by atoms with E-state index in [9.17, 15) is 4.79 Å². The number of benzene rings is 1. The molecule has 4 nitrogen and oxygen atoms in total. The number of likely N-dealkylation sites (tertiary alicyclic amines) is 1. The monoisotopic (exact) mass is 389 g/mol. The zero-order valence-corrected chi connectivity index (χ0v) is 16.6. The van der Waals surface area contributed by atoms with E-state index >= 15 is 0 Å². The number of nitriles is 1. The van der Waals surface area contributed by atoms with Gasteiger partial charge in [0.2, 0.25) is 0 Å². The van der Waals surface area contributed by atoms with Crippen LogP contribution in [0.3, 0.4) is 0 Å². The first-order chi connectivity index (χ1) is 13.4. The third-order valence-corrected chi connectivity index (χ3v) is 5.04. The van der Waals surface area contributed by atoms with E-state index in [-0.39, 0.29) is 17.0 Å². The van der Waals surface area contributed by atoms with Gasteiger partial charge in [-0.2, -0.15) is 5.26 Å². The number of nitrogens with zero attached hydrogens (tertiary/aromatic N) is 3. The highest BCUT2D eigenvalue weighted by Gasteiger charge is 2.33. The molecule has 1 aromatic carbocycles. The Bertz CT molecular complexity index is 1040. The summed E-state index contributed by atoms with van der Waals surface area (Å²) in [5.41, 5.74) is 2.66. The van der Waals surface area contributed by atoms with Gasteiger partial charge >= 0.3 is 0 Å². The van der Waals surface area contributed by atoms with E-state index in [4.69, 9.17) is 16.9 Å². The summed E-state index contributed by atoms with van der Waals surface area (Å²) in [6.07, 6.45) is 4.22. The summed E-state index contributed by atoms with van der Waals surface area (Å²) in [7, 11) is 0. The number of hydrogen-bond donors (Lipinski definition) is 0. The number of amides is 1. The standard InChI is InChI=1S/C23H20ClN3O/c1-23(2)16-27(22(28)18-9-11-26-21(14-18)15-25)12-10-19(23)7-3-5-17-6-4-8-20(24)13-17/h4,6-9,11,13-14H,10,12,16H2,1-2H3/b19-7+. The van der Waals surface area contributed by atoms with Crippen LogP contribution in [0.15, 0.2) is 54.2 Å². The molecular formula is C23H20ClN3O. The molecule has 140 valence electrons. The lowest BCUT2D eigenvalue weighted by Crippen LogP contribution is -2.44. The summed E-state index contributed by atoms with van der Waals surface area (Å²) < 4.78 is 0. The second kappa shape index (κ2) is 8.30. The van der Waals surface area contributed by atoms with Crippen LogP contribution in [-0.2, 0) is 0 Å². The Morgan fingerprint density at radius 2 is 2.14 bits per heavy atom. The van der Waals surface area contributed by atoms with Gasteiger partial charge in [0.15, 0.2) is 0 Å². The molecule has 5 heteroatoms. The largest absolute Gasteiger partial charge is 0.337 e. The Balaban J connectivity index is 1.74. The Morgan fingerprint density at radius 3 is 2.86 bits per heavy atom. The highest BCUT2D eigenvalue weighted by atomic mass is 35.5. The molecule has 1 aliphatic heterocycles. The van der Waals surface area contributed by atoms with Crippen molar-refractivity contribution in [1.29, 1.82) is 5.26 Å². The molecule has 2 aromatic rings. The van der Waals surface area contributed by atoms with Crippen LogP contribution in [0.2, 0.25) is 5.02 Å². The van der Waals surface area contributed by atoms with Crippen molar-refractivity contribution < 1.29 is 4.79 Å². The zero-order chi connectivity index (χ0) is 20.1. The van der Waals surface area contributed by atoms with Crippen LogP contribution in [0.25, 0.3) is 0 Å². The number of aromatic nitrogens is 1. The summed E-state index contributed by atoms with van der Waals surface area (Å²) in [6, 6.07) is 12.6. The molecule has 0 N–H and O–H groups in total. The van der Waals surface area contributed by atoms with Crippen molar-refractivity contribution in [3.8, 4) is 17.9 Å².